The molecule has 2 aliphatic rings. The number of rotatable bonds is 3. The fourth-order valence-corrected chi connectivity index (χ4v) is 3.15. The lowest BCUT2D eigenvalue weighted by atomic mass is 10.1. The summed E-state index contributed by atoms with van der Waals surface area (Å²) in [5.41, 5.74) is 6.33. The molecule has 0 bridgehead atoms. The number of primary amides is 1. The maximum Gasteiger partial charge on any atom is 0.407 e. The van der Waals surface area contributed by atoms with Crippen LogP contribution < -0.4 is 15.4 Å². The van der Waals surface area contributed by atoms with E-state index in [0.717, 1.165) is 18.5 Å². The minimum Gasteiger partial charge on any atom is -0.496 e. The smallest absolute Gasteiger partial charge is 0.407 e. The molecular formula is C15H19N3O4. The van der Waals surface area contributed by atoms with Crippen molar-refractivity contribution >= 4 is 17.7 Å². The van der Waals surface area contributed by atoms with Crippen molar-refractivity contribution in [2.45, 2.75) is 18.4 Å². The van der Waals surface area contributed by atoms with Crippen LogP contribution in [0.1, 0.15) is 23.2 Å². The van der Waals surface area contributed by atoms with Gasteiger partial charge in [0.05, 0.1) is 18.2 Å². The molecule has 3 rings (SSSR count). The first-order chi connectivity index (χ1) is 10.5. The van der Waals surface area contributed by atoms with E-state index >= 15 is 0 Å². The number of amides is 2. The van der Waals surface area contributed by atoms with Crippen molar-refractivity contribution in [2.24, 2.45) is 5.73 Å². The molecule has 22 heavy (non-hydrogen) atoms. The van der Waals surface area contributed by atoms with E-state index in [-0.39, 0.29) is 5.54 Å². The van der Waals surface area contributed by atoms with Gasteiger partial charge in [-0.05, 0) is 25.0 Å². The number of hydrogen-bond donors (Lipinski definition) is 2. The summed E-state index contributed by atoms with van der Waals surface area (Å²) in [6.07, 6.45) is 0.942. The molecule has 7 heteroatoms. The maximum absolute atomic E-state index is 11.4. The van der Waals surface area contributed by atoms with Crippen molar-refractivity contribution in [2.75, 3.05) is 31.6 Å². The van der Waals surface area contributed by atoms with E-state index in [4.69, 9.17) is 10.5 Å². The van der Waals surface area contributed by atoms with E-state index in [9.17, 15) is 14.7 Å². The van der Waals surface area contributed by atoms with Crippen molar-refractivity contribution in [1.29, 1.82) is 0 Å². The van der Waals surface area contributed by atoms with Crippen LogP contribution in [0.5, 0.6) is 5.75 Å². The van der Waals surface area contributed by atoms with Crippen LogP contribution in [0.25, 0.3) is 0 Å². The van der Waals surface area contributed by atoms with Crippen molar-refractivity contribution in [1.82, 2.24) is 4.90 Å². The molecule has 7 nitrogen and oxygen atoms in total. The average Bonchev–Trinajstić information content (AvgIpc) is 3.25. The molecule has 2 amide bonds. The van der Waals surface area contributed by atoms with Crippen LogP contribution >= 0.6 is 0 Å². The largest absolute Gasteiger partial charge is 0.496 e. The fraction of sp³-hybridized carbons (Fsp3) is 0.467. The van der Waals surface area contributed by atoms with Gasteiger partial charge in [0, 0.05) is 31.4 Å². The van der Waals surface area contributed by atoms with Gasteiger partial charge in [0.15, 0.2) is 0 Å². The Morgan fingerprint density at radius 2 is 2.05 bits per heavy atom. The average molecular weight is 305 g/mol. The molecular weight excluding hydrogens is 286 g/mol. The molecule has 0 unspecified atom stereocenters. The number of methoxy groups -OCH3 is 1. The summed E-state index contributed by atoms with van der Waals surface area (Å²) in [5, 5.41) is 9.29. The van der Waals surface area contributed by atoms with Gasteiger partial charge in [0.25, 0.3) is 5.91 Å². The number of benzene rings is 1. The van der Waals surface area contributed by atoms with Gasteiger partial charge >= 0.3 is 6.09 Å². The number of hydrogen-bond acceptors (Lipinski definition) is 4. The maximum atomic E-state index is 11.4. The van der Waals surface area contributed by atoms with Crippen LogP contribution in [-0.2, 0) is 0 Å². The lowest BCUT2D eigenvalue weighted by Crippen LogP contribution is -2.56. The zero-order valence-electron chi connectivity index (χ0n) is 12.4. The summed E-state index contributed by atoms with van der Waals surface area (Å²) in [6, 6.07) is 5.27. The summed E-state index contributed by atoms with van der Waals surface area (Å²) >= 11 is 0. The summed E-state index contributed by atoms with van der Waals surface area (Å²) in [4.78, 5) is 26.4. The molecule has 0 atom stereocenters. The van der Waals surface area contributed by atoms with E-state index in [1.165, 1.54) is 7.11 Å². The number of carbonyl (C=O) groups excluding carboxylic acids is 1. The molecule has 1 aliphatic heterocycles. The van der Waals surface area contributed by atoms with E-state index < -0.39 is 12.0 Å². The monoisotopic (exact) mass is 305 g/mol. The molecule has 0 aromatic heterocycles. The van der Waals surface area contributed by atoms with Crippen LogP contribution in [0.4, 0.5) is 10.5 Å². The topological polar surface area (TPSA) is 96.1 Å². The van der Waals surface area contributed by atoms with Crippen LogP contribution in [0.15, 0.2) is 18.2 Å². The Hall–Kier alpha value is -2.44. The standard InChI is InChI=1S/C15H19N3O4/c1-22-12-8-10(2-3-11(12)13(16)19)17-6-7-18(14(20)21)15(9-17)4-5-15/h2-3,8H,4-7,9H2,1H3,(H2,16,19)(H,20,21). The molecule has 1 spiro atoms. The highest BCUT2D eigenvalue weighted by molar-refractivity contribution is 5.96. The Bertz CT molecular complexity index is 627. The summed E-state index contributed by atoms with van der Waals surface area (Å²) in [7, 11) is 1.50. The quantitative estimate of drug-likeness (QED) is 0.872. The number of carbonyl (C=O) groups is 2. The molecule has 1 aromatic rings. The van der Waals surface area contributed by atoms with Gasteiger partial charge in [0.2, 0.25) is 0 Å². The van der Waals surface area contributed by atoms with Crippen LogP contribution in [-0.4, -0.2) is 54.3 Å². The van der Waals surface area contributed by atoms with Crippen molar-refractivity contribution < 1.29 is 19.4 Å². The predicted molar refractivity (Wildman–Crippen MR) is 80.4 cm³/mol. The van der Waals surface area contributed by atoms with E-state index in [1.807, 2.05) is 6.07 Å². The minimum atomic E-state index is -0.848. The van der Waals surface area contributed by atoms with Crippen LogP contribution in [0, 0.1) is 0 Å². The van der Waals surface area contributed by atoms with Gasteiger partial charge in [-0.3, -0.25) is 9.69 Å². The third-order valence-corrected chi connectivity index (χ3v) is 4.53. The Morgan fingerprint density at radius 1 is 1.32 bits per heavy atom. The molecule has 1 aromatic carbocycles. The first kappa shape index (κ1) is 14.5. The lowest BCUT2D eigenvalue weighted by molar-refractivity contribution is 0.0996. The number of piperazine rings is 1. The Balaban J connectivity index is 1.84. The van der Waals surface area contributed by atoms with Gasteiger partial charge in [-0.15, -0.1) is 0 Å². The predicted octanol–water partition coefficient (Wildman–Crippen LogP) is 1.13. The van der Waals surface area contributed by atoms with Crippen LogP contribution in [0.2, 0.25) is 0 Å². The molecule has 1 aliphatic carbocycles. The number of nitrogens with two attached hydrogens (primary N) is 1. The SMILES string of the molecule is COc1cc(N2CCN(C(=O)O)C3(CC3)C2)ccc1C(N)=O. The zero-order chi connectivity index (χ0) is 15.9. The first-order valence-electron chi connectivity index (χ1n) is 7.20. The number of nitrogens with zero attached hydrogens (tertiary/aromatic N) is 2. The van der Waals surface area contributed by atoms with Gasteiger partial charge in [-0.2, -0.15) is 0 Å². The fourth-order valence-electron chi connectivity index (χ4n) is 3.15. The van der Waals surface area contributed by atoms with Crippen molar-refractivity contribution in [3.05, 3.63) is 23.8 Å². The second-order valence-electron chi connectivity index (χ2n) is 5.83. The highest BCUT2D eigenvalue weighted by Crippen LogP contribution is 2.45. The third-order valence-electron chi connectivity index (χ3n) is 4.53. The van der Waals surface area contributed by atoms with E-state index in [2.05, 4.69) is 4.90 Å². The number of ether oxygens (including phenoxy) is 1. The van der Waals surface area contributed by atoms with Crippen LogP contribution in [0.3, 0.4) is 0 Å². The first-order valence-corrected chi connectivity index (χ1v) is 7.20. The van der Waals surface area contributed by atoms with Gasteiger partial charge < -0.3 is 20.5 Å². The van der Waals surface area contributed by atoms with Crippen molar-refractivity contribution in [3.8, 4) is 5.75 Å². The Morgan fingerprint density at radius 3 is 2.59 bits per heavy atom. The third kappa shape index (κ3) is 2.32. The summed E-state index contributed by atoms with van der Waals surface area (Å²) < 4.78 is 5.23. The molecule has 118 valence electrons. The molecule has 1 saturated carbocycles. The number of carboxylic acid groups (broad SMARTS) is 1. The highest BCUT2D eigenvalue weighted by Gasteiger charge is 2.53. The molecule has 1 heterocycles. The molecule has 3 N–H and O–H groups in total. The summed E-state index contributed by atoms with van der Waals surface area (Å²) in [5.74, 6) is -0.0896. The highest BCUT2D eigenvalue weighted by atomic mass is 16.5. The van der Waals surface area contributed by atoms with E-state index in [1.54, 1.807) is 17.0 Å². The second kappa shape index (κ2) is 5.08. The second-order valence-corrected chi connectivity index (χ2v) is 5.83. The number of anilines is 1. The molecule has 1 saturated heterocycles. The lowest BCUT2D eigenvalue weighted by Gasteiger charge is -2.41. The Labute approximate surface area is 128 Å². The molecule has 2 fully saturated rings. The zero-order valence-corrected chi connectivity index (χ0v) is 12.4. The van der Waals surface area contributed by atoms with Gasteiger partial charge in [-0.25, -0.2) is 4.79 Å². The van der Waals surface area contributed by atoms with Gasteiger partial charge in [0.1, 0.15) is 5.75 Å². The van der Waals surface area contributed by atoms with E-state index in [0.29, 0.717) is 30.9 Å². The molecule has 0 radical (unpaired) electrons. The Kier molecular flexibility index (Phi) is 3.35. The van der Waals surface area contributed by atoms with Gasteiger partial charge in [-0.1, -0.05) is 0 Å². The normalized spacial score (nSPS) is 19.1. The van der Waals surface area contributed by atoms with Crippen molar-refractivity contribution in [3.63, 3.8) is 0 Å². The summed E-state index contributed by atoms with van der Waals surface area (Å²) in [6.45, 7) is 1.76. The minimum absolute atomic E-state index is 0.250.